The number of anilines is 2. The summed E-state index contributed by atoms with van der Waals surface area (Å²) in [5, 5.41) is 4.01. The van der Waals surface area contributed by atoms with Gasteiger partial charge in [-0.25, -0.2) is 4.98 Å². The van der Waals surface area contributed by atoms with Crippen molar-refractivity contribution >= 4 is 22.4 Å². The molecule has 0 bridgehead atoms. The number of halogens is 3. The van der Waals surface area contributed by atoms with Crippen LogP contribution >= 0.6 is 0 Å². The first-order chi connectivity index (χ1) is 14.5. The van der Waals surface area contributed by atoms with Crippen molar-refractivity contribution in [1.29, 1.82) is 0 Å². The molecule has 5 rings (SSSR count). The van der Waals surface area contributed by atoms with Gasteiger partial charge in [-0.3, -0.25) is 0 Å². The van der Waals surface area contributed by atoms with Crippen LogP contribution in [-0.2, 0) is 6.18 Å². The molecular weight excluding hydrogens is 395 g/mol. The predicted octanol–water partition coefficient (Wildman–Crippen LogP) is 5.76. The van der Waals surface area contributed by atoms with E-state index in [-0.39, 0.29) is 0 Å². The Labute approximate surface area is 169 Å². The third-order valence-electron chi connectivity index (χ3n) is 4.85. The Hall–Kier alpha value is -3.68. The maximum absolute atomic E-state index is 13.1. The molecule has 2 aromatic carbocycles. The fourth-order valence-corrected chi connectivity index (χ4v) is 3.43. The Balaban J connectivity index is 1.50. The molecule has 152 valence electrons. The molecular formula is C22H16F3N3O2. The first-order valence-electron chi connectivity index (χ1n) is 9.29. The van der Waals surface area contributed by atoms with E-state index in [0.29, 0.717) is 41.8 Å². The van der Waals surface area contributed by atoms with E-state index >= 15 is 0 Å². The average molecular weight is 411 g/mol. The third kappa shape index (κ3) is 3.41. The maximum Gasteiger partial charge on any atom is 0.416 e. The van der Waals surface area contributed by atoms with Gasteiger partial charge < -0.3 is 19.8 Å². The molecule has 0 unspecified atom stereocenters. The highest BCUT2D eigenvalue weighted by Gasteiger charge is 2.30. The van der Waals surface area contributed by atoms with E-state index in [4.69, 9.17) is 9.47 Å². The van der Waals surface area contributed by atoms with Gasteiger partial charge in [0.25, 0.3) is 0 Å². The van der Waals surface area contributed by atoms with E-state index in [1.165, 1.54) is 6.07 Å². The van der Waals surface area contributed by atoms with E-state index in [9.17, 15) is 13.2 Å². The molecule has 0 radical (unpaired) electrons. The summed E-state index contributed by atoms with van der Waals surface area (Å²) in [5.74, 6) is 1.92. The van der Waals surface area contributed by atoms with Crippen LogP contribution in [0.15, 0.2) is 60.8 Å². The summed E-state index contributed by atoms with van der Waals surface area (Å²) in [6, 6.07) is 14.3. The largest absolute Gasteiger partial charge is 0.486 e. The van der Waals surface area contributed by atoms with E-state index in [0.717, 1.165) is 28.7 Å². The van der Waals surface area contributed by atoms with Crippen molar-refractivity contribution in [1.82, 2.24) is 9.97 Å². The molecule has 2 aromatic heterocycles. The van der Waals surface area contributed by atoms with Crippen molar-refractivity contribution in [3.8, 4) is 22.8 Å². The van der Waals surface area contributed by atoms with Gasteiger partial charge in [-0.15, -0.1) is 0 Å². The number of hydrogen-bond acceptors (Lipinski definition) is 4. The standard InChI is InChI=1S/C22H16F3N3O2/c23-22(24,25)14-3-1-2-13(10-14)18-12-16-17(28-18)6-7-26-21(16)27-15-4-5-19-20(11-15)30-9-8-29-19/h1-7,10-12,28H,8-9H2,(H,26,27). The minimum atomic E-state index is -4.39. The van der Waals surface area contributed by atoms with Crippen LogP contribution in [0.4, 0.5) is 24.7 Å². The highest BCUT2D eigenvalue weighted by atomic mass is 19.4. The number of aromatic amines is 1. The number of alkyl halides is 3. The van der Waals surface area contributed by atoms with E-state index in [1.54, 1.807) is 24.4 Å². The van der Waals surface area contributed by atoms with Crippen LogP contribution in [0.25, 0.3) is 22.2 Å². The molecule has 3 heterocycles. The van der Waals surface area contributed by atoms with E-state index in [1.807, 2.05) is 18.2 Å². The Kier molecular flexibility index (Phi) is 4.27. The fourth-order valence-electron chi connectivity index (χ4n) is 3.43. The minimum absolute atomic E-state index is 0.450. The lowest BCUT2D eigenvalue weighted by molar-refractivity contribution is -0.137. The molecule has 5 nitrogen and oxygen atoms in total. The molecule has 0 amide bonds. The highest BCUT2D eigenvalue weighted by molar-refractivity contribution is 5.95. The lowest BCUT2D eigenvalue weighted by atomic mass is 10.1. The molecule has 0 fully saturated rings. The summed E-state index contributed by atoms with van der Waals surface area (Å²) in [4.78, 5) is 7.57. The molecule has 4 aromatic rings. The lowest BCUT2D eigenvalue weighted by Gasteiger charge is -2.19. The Morgan fingerprint density at radius 2 is 1.77 bits per heavy atom. The zero-order chi connectivity index (χ0) is 20.7. The highest BCUT2D eigenvalue weighted by Crippen LogP contribution is 2.36. The second kappa shape index (κ2) is 6.98. The molecule has 0 saturated heterocycles. The van der Waals surface area contributed by atoms with Gasteiger partial charge in [0.15, 0.2) is 11.5 Å². The summed E-state index contributed by atoms with van der Waals surface area (Å²) in [7, 11) is 0. The maximum atomic E-state index is 13.1. The number of hydrogen-bond donors (Lipinski definition) is 2. The lowest BCUT2D eigenvalue weighted by Crippen LogP contribution is -2.15. The van der Waals surface area contributed by atoms with Gasteiger partial charge in [0.2, 0.25) is 0 Å². The van der Waals surface area contributed by atoms with Crippen molar-refractivity contribution in [2.75, 3.05) is 18.5 Å². The molecule has 2 N–H and O–H groups in total. The molecule has 1 aliphatic rings. The second-order valence-corrected chi connectivity index (χ2v) is 6.87. The van der Waals surface area contributed by atoms with Gasteiger partial charge in [-0.1, -0.05) is 12.1 Å². The Bertz CT molecular complexity index is 1230. The number of fused-ring (bicyclic) bond motifs is 2. The number of rotatable bonds is 3. The second-order valence-electron chi connectivity index (χ2n) is 6.87. The fraction of sp³-hybridized carbons (Fsp3) is 0.136. The number of pyridine rings is 1. The first kappa shape index (κ1) is 18.4. The van der Waals surface area contributed by atoms with Crippen LogP contribution in [0.3, 0.4) is 0 Å². The summed E-state index contributed by atoms with van der Waals surface area (Å²) in [5.41, 5.74) is 1.87. The average Bonchev–Trinajstić information content (AvgIpc) is 3.19. The van der Waals surface area contributed by atoms with Crippen LogP contribution in [0, 0.1) is 0 Å². The zero-order valence-corrected chi connectivity index (χ0v) is 15.6. The Morgan fingerprint density at radius 1 is 0.933 bits per heavy atom. The molecule has 30 heavy (non-hydrogen) atoms. The first-order valence-corrected chi connectivity index (χ1v) is 9.29. The van der Waals surface area contributed by atoms with Crippen molar-refractivity contribution in [3.63, 3.8) is 0 Å². The van der Waals surface area contributed by atoms with Gasteiger partial charge in [-0.2, -0.15) is 13.2 Å². The van der Waals surface area contributed by atoms with Gasteiger partial charge >= 0.3 is 6.18 Å². The number of H-pyrrole nitrogens is 1. The minimum Gasteiger partial charge on any atom is -0.486 e. The third-order valence-corrected chi connectivity index (χ3v) is 4.85. The van der Waals surface area contributed by atoms with Gasteiger partial charge in [0, 0.05) is 29.0 Å². The smallest absolute Gasteiger partial charge is 0.416 e. The quantitative estimate of drug-likeness (QED) is 0.450. The summed E-state index contributed by atoms with van der Waals surface area (Å²) < 4.78 is 50.3. The summed E-state index contributed by atoms with van der Waals surface area (Å²) in [6.07, 6.45) is -2.76. The molecule has 0 aliphatic carbocycles. The molecule has 8 heteroatoms. The molecule has 0 saturated carbocycles. The Morgan fingerprint density at radius 3 is 2.60 bits per heavy atom. The summed E-state index contributed by atoms with van der Waals surface area (Å²) in [6.45, 7) is 1.00. The normalized spacial score (nSPS) is 13.4. The van der Waals surface area contributed by atoms with Gasteiger partial charge in [0.1, 0.15) is 19.0 Å². The van der Waals surface area contributed by atoms with Crippen molar-refractivity contribution < 1.29 is 22.6 Å². The van der Waals surface area contributed by atoms with Crippen LogP contribution < -0.4 is 14.8 Å². The zero-order valence-electron chi connectivity index (χ0n) is 15.6. The van der Waals surface area contributed by atoms with E-state index < -0.39 is 11.7 Å². The number of aromatic nitrogens is 2. The molecule has 1 aliphatic heterocycles. The number of nitrogens with zero attached hydrogens (tertiary/aromatic N) is 1. The number of nitrogens with one attached hydrogen (secondary N) is 2. The molecule has 0 atom stereocenters. The van der Waals surface area contributed by atoms with Crippen LogP contribution in [-0.4, -0.2) is 23.2 Å². The van der Waals surface area contributed by atoms with E-state index in [2.05, 4.69) is 15.3 Å². The van der Waals surface area contributed by atoms with Crippen LogP contribution in [0.2, 0.25) is 0 Å². The van der Waals surface area contributed by atoms with Crippen molar-refractivity contribution in [2.45, 2.75) is 6.18 Å². The monoisotopic (exact) mass is 411 g/mol. The van der Waals surface area contributed by atoms with Gasteiger partial charge in [-0.05, 0) is 42.0 Å². The summed E-state index contributed by atoms with van der Waals surface area (Å²) >= 11 is 0. The topological polar surface area (TPSA) is 59.2 Å². The van der Waals surface area contributed by atoms with Crippen molar-refractivity contribution in [2.24, 2.45) is 0 Å². The number of benzene rings is 2. The number of ether oxygens (including phenoxy) is 2. The van der Waals surface area contributed by atoms with Crippen LogP contribution in [0.1, 0.15) is 5.56 Å². The van der Waals surface area contributed by atoms with Crippen LogP contribution in [0.5, 0.6) is 11.5 Å². The predicted molar refractivity (Wildman–Crippen MR) is 107 cm³/mol. The van der Waals surface area contributed by atoms with Crippen molar-refractivity contribution in [3.05, 3.63) is 66.4 Å². The SMILES string of the molecule is FC(F)(F)c1cccc(-c2cc3c(Nc4ccc5c(c4)OCCO5)nccc3[nH]2)c1. The molecule has 0 spiro atoms. The van der Waals surface area contributed by atoms with Gasteiger partial charge in [0.05, 0.1) is 11.1 Å².